The van der Waals surface area contributed by atoms with Crippen LogP contribution in [0.1, 0.15) is 23.9 Å². The SMILES string of the molecule is CSCC[C@@H](NC(=O)C(C)NC(=O)c1ccco1)C(=O)O. The maximum absolute atomic E-state index is 11.9. The van der Waals surface area contributed by atoms with Gasteiger partial charge < -0.3 is 20.2 Å². The lowest BCUT2D eigenvalue weighted by Crippen LogP contribution is -2.50. The molecule has 8 heteroatoms. The van der Waals surface area contributed by atoms with E-state index in [1.165, 1.54) is 31.0 Å². The summed E-state index contributed by atoms with van der Waals surface area (Å²) in [5, 5.41) is 13.9. The molecule has 0 aliphatic heterocycles. The van der Waals surface area contributed by atoms with E-state index in [1.54, 1.807) is 6.07 Å². The molecular formula is C13H18N2O5S. The highest BCUT2D eigenvalue weighted by atomic mass is 32.2. The lowest BCUT2D eigenvalue weighted by molar-refractivity contribution is -0.142. The molecule has 1 aromatic rings. The zero-order chi connectivity index (χ0) is 15.8. The Hall–Kier alpha value is -1.96. The van der Waals surface area contributed by atoms with Crippen molar-refractivity contribution in [2.24, 2.45) is 0 Å². The maximum Gasteiger partial charge on any atom is 0.326 e. The van der Waals surface area contributed by atoms with Crippen LogP contribution in [0, 0.1) is 0 Å². The van der Waals surface area contributed by atoms with Crippen LogP contribution in [-0.2, 0) is 9.59 Å². The Labute approximate surface area is 126 Å². The Kier molecular flexibility index (Phi) is 6.80. The van der Waals surface area contributed by atoms with Crippen LogP contribution in [0.25, 0.3) is 0 Å². The van der Waals surface area contributed by atoms with E-state index in [9.17, 15) is 14.4 Å². The van der Waals surface area contributed by atoms with E-state index in [1.807, 2.05) is 6.26 Å². The number of aliphatic carboxylic acids is 1. The van der Waals surface area contributed by atoms with Gasteiger partial charge in [-0.3, -0.25) is 9.59 Å². The second-order valence-corrected chi connectivity index (χ2v) is 5.34. The van der Waals surface area contributed by atoms with Crippen LogP contribution in [0.15, 0.2) is 22.8 Å². The zero-order valence-electron chi connectivity index (χ0n) is 11.8. The number of thioether (sulfide) groups is 1. The van der Waals surface area contributed by atoms with Gasteiger partial charge in [-0.05, 0) is 37.5 Å². The lowest BCUT2D eigenvalue weighted by atomic mass is 10.2. The first-order valence-corrected chi connectivity index (χ1v) is 7.71. The summed E-state index contributed by atoms with van der Waals surface area (Å²) in [6, 6.07) is 1.20. The predicted octanol–water partition coefficient (Wildman–Crippen LogP) is 0.720. The summed E-state index contributed by atoms with van der Waals surface area (Å²) in [5.41, 5.74) is 0. The van der Waals surface area contributed by atoms with E-state index in [0.29, 0.717) is 12.2 Å². The number of nitrogens with one attached hydrogen (secondary N) is 2. The summed E-state index contributed by atoms with van der Waals surface area (Å²) in [6.07, 6.45) is 3.52. The minimum Gasteiger partial charge on any atom is -0.480 e. The fraction of sp³-hybridized carbons (Fsp3) is 0.462. The van der Waals surface area contributed by atoms with Gasteiger partial charge in [-0.1, -0.05) is 0 Å². The van der Waals surface area contributed by atoms with Crippen LogP contribution in [-0.4, -0.2) is 47.0 Å². The van der Waals surface area contributed by atoms with E-state index < -0.39 is 29.9 Å². The van der Waals surface area contributed by atoms with E-state index in [0.717, 1.165) is 0 Å². The van der Waals surface area contributed by atoms with E-state index in [-0.39, 0.29) is 5.76 Å². The van der Waals surface area contributed by atoms with Crippen LogP contribution < -0.4 is 10.6 Å². The number of furan rings is 1. The minimum atomic E-state index is -1.10. The average Bonchev–Trinajstić information content (AvgIpc) is 2.96. The van der Waals surface area contributed by atoms with Crippen LogP contribution in [0.2, 0.25) is 0 Å². The number of hydrogen-bond donors (Lipinski definition) is 3. The molecule has 2 amide bonds. The number of carboxylic acids is 1. The molecule has 0 aliphatic rings. The van der Waals surface area contributed by atoms with Crippen molar-refractivity contribution in [1.82, 2.24) is 10.6 Å². The molecule has 0 radical (unpaired) electrons. The first kappa shape index (κ1) is 17.1. The van der Waals surface area contributed by atoms with Crippen molar-refractivity contribution in [2.75, 3.05) is 12.0 Å². The molecule has 0 bridgehead atoms. The monoisotopic (exact) mass is 314 g/mol. The van der Waals surface area contributed by atoms with Gasteiger partial charge in [0, 0.05) is 0 Å². The first-order valence-electron chi connectivity index (χ1n) is 6.32. The molecule has 0 saturated carbocycles. The topological polar surface area (TPSA) is 109 Å². The quantitative estimate of drug-likeness (QED) is 0.652. The van der Waals surface area contributed by atoms with Crippen molar-refractivity contribution < 1.29 is 23.9 Å². The third-order valence-electron chi connectivity index (χ3n) is 2.71. The molecule has 0 aliphatic carbocycles. The average molecular weight is 314 g/mol. The van der Waals surface area contributed by atoms with Crippen molar-refractivity contribution in [3.05, 3.63) is 24.2 Å². The number of amides is 2. The van der Waals surface area contributed by atoms with Gasteiger partial charge in [0.25, 0.3) is 5.91 Å². The standard InChI is InChI=1S/C13H18N2O5S/c1-8(14-12(17)10-4-3-6-20-10)11(16)15-9(13(18)19)5-7-21-2/h3-4,6,8-9H,5,7H2,1-2H3,(H,14,17)(H,15,16)(H,18,19)/t8?,9-/m1/s1. The van der Waals surface area contributed by atoms with Crippen molar-refractivity contribution in [3.8, 4) is 0 Å². The lowest BCUT2D eigenvalue weighted by Gasteiger charge is -2.18. The summed E-state index contributed by atoms with van der Waals surface area (Å²) in [4.78, 5) is 34.7. The Balaban J connectivity index is 2.52. The fourth-order valence-corrected chi connectivity index (χ4v) is 2.00. The van der Waals surface area contributed by atoms with E-state index >= 15 is 0 Å². The van der Waals surface area contributed by atoms with Gasteiger partial charge in [-0.2, -0.15) is 11.8 Å². The highest BCUT2D eigenvalue weighted by Crippen LogP contribution is 2.03. The third kappa shape index (κ3) is 5.50. The van der Waals surface area contributed by atoms with Gasteiger partial charge in [0.05, 0.1) is 6.26 Å². The highest BCUT2D eigenvalue weighted by Gasteiger charge is 2.24. The Morgan fingerprint density at radius 2 is 2.10 bits per heavy atom. The second kappa shape index (κ2) is 8.35. The molecule has 7 nitrogen and oxygen atoms in total. The molecule has 0 saturated heterocycles. The van der Waals surface area contributed by atoms with Crippen molar-refractivity contribution in [2.45, 2.75) is 25.4 Å². The molecule has 2 atom stereocenters. The Morgan fingerprint density at radius 3 is 2.62 bits per heavy atom. The molecule has 1 unspecified atom stereocenters. The second-order valence-electron chi connectivity index (χ2n) is 4.35. The van der Waals surface area contributed by atoms with Crippen LogP contribution >= 0.6 is 11.8 Å². The smallest absolute Gasteiger partial charge is 0.326 e. The van der Waals surface area contributed by atoms with Crippen LogP contribution in [0.5, 0.6) is 0 Å². The molecule has 0 fully saturated rings. The normalized spacial score (nSPS) is 13.2. The Morgan fingerprint density at radius 1 is 1.38 bits per heavy atom. The largest absolute Gasteiger partial charge is 0.480 e. The van der Waals surface area contributed by atoms with Gasteiger partial charge in [-0.25, -0.2) is 4.79 Å². The minimum absolute atomic E-state index is 0.0896. The molecular weight excluding hydrogens is 296 g/mol. The van der Waals surface area contributed by atoms with Gasteiger partial charge in [0.2, 0.25) is 5.91 Å². The molecule has 1 aromatic heterocycles. The molecule has 1 rings (SSSR count). The Bertz CT molecular complexity index is 489. The summed E-state index contributed by atoms with van der Waals surface area (Å²) < 4.78 is 4.91. The van der Waals surface area contributed by atoms with Crippen molar-refractivity contribution in [1.29, 1.82) is 0 Å². The zero-order valence-corrected chi connectivity index (χ0v) is 12.6. The highest BCUT2D eigenvalue weighted by molar-refractivity contribution is 7.98. The summed E-state index contributed by atoms with van der Waals surface area (Å²) in [7, 11) is 0. The summed E-state index contributed by atoms with van der Waals surface area (Å²) in [5.74, 6) is -1.47. The number of carboxylic acid groups (broad SMARTS) is 1. The maximum atomic E-state index is 11.9. The van der Waals surface area contributed by atoms with Crippen LogP contribution in [0.3, 0.4) is 0 Å². The van der Waals surface area contributed by atoms with Crippen LogP contribution in [0.4, 0.5) is 0 Å². The number of carbonyl (C=O) groups is 3. The van der Waals surface area contributed by atoms with Crippen molar-refractivity contribution >= 4 is 29.5 Å². The number of carbonyl (C=O) groups excluding carboxylic acids is 2. The molecule has 0 spiro atoms. The van der Waals surface area contributed by atoms with Gasteiger partial charge in [-0.15, -0.1) is 0 Å². The predicted molar refractivity (Wildman–Crippen MR) is 78.2 cm³/mol. The van der Waals surface area contributed by atoms with Gasteiger partial charge in [0.1, 0.15) is 12.1 Å². The van der Waals surface area contributed by atoms with Gasteiger partial charge in [0.15, 0.2) is 5.76 Å². The molecule has 116 valence electrons. The molecule has 3 N–H and O–H groups in total. The molecule has 21 heavy (non-hydrogen) atoms. The van der Waals surface area contributed by atoms with E-state index in [2.05, 4.69) is 10.6 Å². The molecule has 1 heterocycles. The number of hydrogen-bond acceptors (Lipinski definition) is 5. The number of rotatable bonds is 8. The summed E-state index contributed by atoms with van der Waals surface area (Å²) >= 11 is 1.49. The van der Waals surface area contributed by atoms with Gasteiger partial charge >= 0.3 is 5.97 Å². The van der Waals surface area contributed by atoms with Crippen molar-refractivity contribution in [3.63, 3.8) is 0 Å². The van der Waals surface area contributed by atoms with E-state index in [4.69, 9.17) is 9.52 Å². The third-order valence-corrected chi connectivity index (χ3v) is 3.36. The molecule has 0 aromatic carbocycles. The fourth-order valence-electron chi connectivity index (χ4n) is 1.53. The summed E-state index contributed by atoms with van der Waals surface area (Å²) in [6.45, 7) is 1.48. The first-order chi connectivity index (χ1) is 9.95.